The summed E-state index contributed by atoms with van der Waals surface area (Å²) >= 11 is 0. The number of esters is 1. The second-order valence-corrected chi connectivity index (χ2v) is 9.26. The Morgan fingerprint density at radius 2 is 1.73 bits per heavy atom. The minimum atomic E-state index is -0.325. The fourth-order valence-corrected chi connectivity index (χ4v) is 4.61. The Hall–Kier alpha value is -0.530. The number of carbonyl (C=O) groups excluding carboxylic acids is 1. The first-order chi connectivity index (χ1) is 10.1. The number of hydrogen-bond acceptors (Lipinski definition) is 2. The van der Waals surface area contributed by atoms with Crippen molar-refractivity contribution in [1.29, 1.82) is 0 Å². The van der Waals surface area contributed by atoms with Crippen molar-refractivity contribution in [3.05, 3.63) is 0 Å². The summed E-state index contributed by atoms with van der Waals surface area (Å²) in [5.41, 5.74) is -0.299. The molecule has 2 rings (SSSR count). The van der Waals surface area contributed by atoms with Crippen LogP contribution in [0, 0.1) is 34.5 Å². The molecule has 22 heavy (non-hydrogen) atoms. The molecule has 0 aromatic rings. The summed E-state index contributed by atoms with van der Waals surface area (Å²) in [4.78, 5) is 13.0. The van der Waals surface area contributed by atoms with E-state index in [2.05, 4.69) is 48.5 Å². The third-order valence-electron chi connectivity index (χ3n) is 7.40. The first-order valence-electron chi connectivity index (χ1n) is 9.30. The van der Waals surface area contributed by atoms with Crippen molar-refractivity contribution >= 4 is 5.97 Å². The normalized spacial score (nSPS) is 41.6. The highest BCUT2D eigenvalue weighted by atomic mass is 16.5. The molecule has 0 amide bonds. The van der Waals surface area contributed by atoms with Crippen molar-refractivity contribution in [2.75, 3.05) is 0 Å². The van der Waals surface area contributed by atoms with E-state index < -0.39 is 0 Å². The fraction of sp³-hybridized carbons (Fsp3) is 0.950. The van der Waals surface area contributed by atoms with Crippen molar-refractivity contribution in [2.45, 2.75) is 86.7 Å². The van der Waals surface area contributed by atoms with Crippen LogP contribution in [0.25, 0.3) is 0 Å². The molecule has 0 radical (unpaired) electrons. The van der Waals surface area contributed by atoms with Gasteiger partial charge >= 0.3 is 5.97 Å². The zero-order valence-corrected chi connectivity index (χ0v) is 15.7. The van der Waals surface area contributed by atoms with E-state index in [-0.39, 0.29) is 22.9 Å². The number of ether oxygens (including phenoxy) is 1. The van der Waals surface area contributed by atoms with Crippen LogP contribution in [0.5, 0.6) is 0 Å². The lowest BCUT2D eigenvalue weighted by Gasteiger charge is -2.42. The molecular weight excluding hydrogens is 272 g/mol. The van der Waals surface area contributed by atoms with E-state index in [0.717, 1.165) is 19.3 Å². The van der Waals surface area contributed by atoms with Gasteiger partial charge < -0.3 is 4.74 Å². The van der Waals surface area contributed by atoms with Gasteiger partial charge in [0.2, 0.25) is 0 Å². The monoisotopic (exact) mass is 308 g/mol. The summed E-state index contributed by atoms with van der Waals surface area (Å²) in [5.74, 6) is 2.44. The maximum absolute atomic E-state index is 13.0. The van der Waals surface area contributed by atoms with Gasteiger partial charge in [-0.1, -0.05) is 48.0 Å². The van der Waals surface area contributed by atoms with Crippen LogP contribution in [0.3, 0.4) is 0 Å². The molecule has 128 valence electrons. The van der Waals surface area contributed by atoms with Gasteiger partial charge in [0.1, 0.15) is 6.10 Å². The molecule has 0 aliphatic heterocycles. The molecule has 2 fully saturated rings. The zero-order valence-electron chi connectivity index (χ0n) is 15.7. The molecule has 0 unspecified atom stereocenters. The average Bonchev–Trinajstić information content (AvgIpc) is 2.63. The van der Waals surface area contributed by atoms with Gasteiger partial charge in [0.15, 0.2) is 0 Å². The lowest BCUT2D eigenvalue weighted by Crippen LogP contribution is -2.45. The van der Waals surface area contributed by atoms with Gasteiger partial charge in [-0.05, 0) is 61.7 Å². The predicted octanol–water partition coefficient (Wildman–Crippen LogP) is 5.45. The maximum Gasteiger partial charge on any atom is 0.312 e. The summed E-state index contributed by atoms with van der Waals surface area (Å²) in [7, 11) is 0. The van der Waals surface area contributed by atoms with Gasteiger partial charge in [0.05, 0.1) is 5.41 Å². The van der Waals surface area contributed by atoms with Crippen molar-refractivity contribution in [1.82, 2.24) is 0 Å². The summed E-state index contributed by atoms with van der Waals surface area (Å²) in [5, 5.41) is 0. The van der Waals surface area contributed by atoms with Crippen LogP contribution in [-0.4, -0.2) is 12.1 Å². The van der Waals surface area contributed by atoms with Gasteiger partial charge in [0, 0.05) is 0 Å². The van der Waals surface area contributed by atoms with Gasteiger partial charge in [0.25, 0.3) is 0 Å². The molecule has 0 N–H and O–H groups in total. The van der Waals surface area contributed by atoms with Crippen LogP contribution in [0.2, 0.25) is 0 Å². The van der Waals surface area contributed by atoms with Crippen LogP contribution < -0.4 is 0 Å². The van der Waals surface area contributed by atoms with Crippen molar-refractivity contribution < 1.29 is 9.53 Å². The van der Waals surface area contributed by atoms with E-state index in [9.17, 15) is 4.79 Å². The van der Waals surface area contributed by atoms with Crippen LogP contribution in [0.1, 0.15) is 80.6 Å². The molecule has 2 saturated carbocycles. The molecule has 2 heteroatoms. The van der Waals surface area contributed by atoms with Crippen LogP contribution in [-0.2, 0) is 9.53 Å². The smallest absolute Gasteiger partial charge is 0.312 e. The summed E-state index contributed by atoms with van der Waals surface area (Å²) in [6.45, 7) is 15.7. The standard InChI is InChI=1S/C20H36O2/c1-13(2)16-9-8-14(3)12-17(16)22-18(21)20(7)11-10-15(4)19(20,5)6/h13-17H,8-12H2,1-7H3/t14-,15+,16+,17-,20+/m1/s1. The Balaban J connectivity index is 2.13. The second-order valence-electron chi connectivity index (χ2n) is 9.26. The van der Waals surface area contributed by atoms with Crippen LogP contribution >= 0.6 is 0 Å². The van der Waals surface area contributed by atoms with Crippen LogP contribution in [0.15, 0.2) is 0 Å². The largest absolute Gasteiger partial charge is 0.462 e. The Morgan fingerprint density at radius 1 is 1.09 bits per heavy atom. The third-order valence-corrected chi connectivity index (χ3v) is 7.40. The number of rotatable bonds is 3. The van der Waals surface area contributed by atoms with E-state index in [1.165, 1.54) is 12.8 Å². The summed E-state index contributed by atoms with van der Waals surface area (Å²) < 4.78 is 6.17. The number of hydrogen-bond donors (Lipinski definition) is 0. The Morgan fingerprint density at radius 3 is 2.23 bits per heavy atom. The van der Waals surface area contributed by atoms with E-state index in [4.69, 9.17) is 4.74 Å². The molecule has 0 heterocycles. The molecule has 0 aromatic carbocycles. The minimum Gasteiger partial charge on any atom is -0.462 e. The first kappa shape index (κ1) is 17.8. The highest BCUT2D eigenvalue weighted by molar-refractivity contribution is 5.78. The van der Waals surface area contributed by atoms with Crippen molar-refractivity contribution in [2.24, 2.45) is 34.5 Å². The lowest BCUT2D eigenvalue weighted by molar-refractivity contribution is -0.174. The fourth-order valence-electron chi connectivity index (χ4n) is 4.61. The quantitative estimate of drug-likeness (QED) is 0.648. The Kier molecular flexibility index (Phi) is 5.00. The third kappa shape index (κ3) is 2.95. The molecule has 2 aliphatic rings. The molecule has 0 spiro atoms. The average molecular weight is 309 g/mol. The first-order valence-corrected chi connectivity index (χ1v) is 9.30. The molecule has 0 saturated heterocycles. The van der Waals surface area contributed by atoms with Gasteiger partial charge in [-0.15, -0.1) is 0 Å². The molecule has 2 nitrogen and oxygen atoms in total. The van der Waals surface area contributed by atoms with Crippen molar-refractivity contribution in [3.63, 3.8) is 0 Å². The molecule has 0 bridgehead atoms. The van der Waals surface area contributed by atoms with E-state index in [1.807, 2.05) is 0 Å². The molecular formula is C20H36O2. The maximum atomic E-state index is 13.0. The van der Waals surface area contributed by atoms with E-state index in [0.29, 0.717) is 23.7 Å². The highest BCUT2D eigenvalue weighted by Gasteiger charge is 2.55. The van der Waals surface area contributed by atoms with Gasteiger partial charge in [-0.2, -0.15) is 0 Å². The van der Waals surface area contributed by atoms with E-state index >= 15 is 0 Å². The second kappa shape index (κ2) is 6.17. The topological polar surface area (TPSA) is 26.3 Å². The highest BCUT2D eigenvalue weighted by Crippen LogP contribution is 2.56. The number of carbonyl (C=O) groups is 1. The summed E-state index contributed by atoms with van der Waals surface area (Å²) in [6, 6.07) is 0. The molecule has 2 aliphatic carbocycles. The SMILES string of the molecule is CC(C)[C@@H]1CC[C@@H](C)C[C@H]1OC(=O)[C@]1(C)CC[C@H](C)C1(C)C. The zero-order chi connectivity index (χ0) is 16.7. The lowest BCUT2D eigenvalue weighted by atomic mass is 9.66. The molecule has 5 atom stereocenters. The Labute approximate surface area is 137 Å². The Bertz CT molecular complexity index is 412. The predicted molar refractivity (Wildman–Crippen MR) is 91.5 cm³/mol. The van der Waals surface area contributed by atoms with Crippen molar-refractivity contribution in [3.8, 4) is 0 Å². The van der Waals surface area contributed by atoms with Gasteiger partial charge in [-0.3, -0.25) is 4.79 Å². The van der Waals surface area contributed by atoms with Gasteiger partial charge in [-0.25, -0.2) is 0 Å². The molecule has 0 aromatic heterocycles. The summed E-state index contributed by atoms with van der Waals surface area (Å²) in [6.07, 6.45) is 5.74. The van der Waals surface area contributed by atoms with Crippen LogP contribution in [0.4, 0.5) is 0 Å². The minimum absolute atomic E-state index is 0.0255. The van der Waals surface area contributed by atoms with E-state index in [1.54, 1.807) is 0 Å².